The van der Waals surface area contributed by atoms with Crippen molar-refractivity contribution >= 4 is 28.5 Å². The van der Waals surface area contributed by atoms with E-state index in [1.165, 1.54) is 0 Å². The number of aliphatic carboxylic acids is 2. The number of carboxylic acid groups (broad SMARTS) is 2. The maximum absolute atomic E-state index is 9.99. The van der Waals surface area contributed by atoms with Gasteiger partial charge in [0, 0.05) is 41.6 Å². The third-order valence-corrected chi connectivity index (χ3v) is 3.68. The van der Waals surface area contributed by atoms with Gasteiger partial charge >= 0.3 is 11.9 Å². The Morgan fingerprint density at radius 3 is 2.32 bits per heavy atom. The summed E-state index contributed by atoms with van der Waals surface area (Å²) < 4.78 is 0. The van der Waals surface area contributed by atoms with Crippen LogP contribution in [-0.4, -0.2) is 43.5 Å². The molecule has 0 bridgehead atoms. The smallest absolute Gasteiger partial charge is 0.328 e. The maximum atomic E-state index is 9.99. The Kier molecular flexibility index (Phi) is 5.68. The van der Waals surface area contributed by atoms with Gasteiger partial charge in [0.15, 0.2) is 0 Å². The molecular weight excluding hydrogens is 328 g/mol. The molecule has 0 aliphatic heterocycles. The van der Waals surface area contributed by atoms with Crippen molar-refractivity contribution in [3.8, 4) is 0 Å². The number of aliphatic hydroxyl groups excluding tert-OH is 2. The van der Waals surface area contributed by atoms with Gasteiger partial charge in [-0.2, -0.15) is 0 Å². The first kappa shape index (κ1) is 18.4. The molecule has 6 N–H and O–H groups in total. The fourth-order valence-corrected chi connectivity index (χ4v) is 2.66. The van der Waals surface area contributed by atoms with Gasteiger partial charge in [-0.15, -0.1) is 0 Å². The number of nitrogen functional groups attached to an aromatic ring is 1. The molecule has 2 atom stereocenters. The average Bonchev–Trinajstić information content (AvgIpc) is 2.53. The van der Waals surface area contributed by atoms with E-state index in [4.69, 9.17) is 15.9 Å². The average molecular weight is 346 g/mol. The molecule has 3 rings (SSSR count). The minimum atomic E-state index is -1.26. The lowest BCUT2D eigenvalue weighted by Crippen LogP contribution is -2.24. The van der Waals surface area contributed by atoms with Crippen LogP contribution in [0.4, 0.5) is 5.69 Å². The molecule has 0 saturated carbocycles. The number of pyridine rings is 1. The molecule has 1 aromatic heterocycles. The zero-order valence-corrected chi connectivity index (χ0v) is 13.2. The van der Waals surface area contributed by atoms with Gasteiger partial charge in [0.25, 0.3) is 0 Å². The number of hydrogen-bond donors (Lipinski definition) is 5. The summed E-state index contributed by atoms with van der Waals surface area (Å²) in [7, 11) is 0. The van der Waals surface area contributed by atoms with E-state index in [1.807, 2.05) is 24.3 Å². The Bertz CT molecular complexity index is 817. The van der Waals surface area contributed by atoms with Crippen LogP contribution in [0.3, 0.4) is 0 Å². The number of nitrogens with zero attached hydrogens (tertiary/aromatic N) is 1. The van der Waals surface area contributed by atoms with Gasteiger partial charge in [0.1, 0.15) is 0 Å². The minimum absolute atomic E-state index is 0.331. The minimum Gasteiger partial charge on any atom is -0.478 e. The highest BCUT2D eigenvalue weighted by Gasteiger charge is 2.28. The molecule has 8 nitrogen and oxygen atoms in total. The topological polar surface area (TPSA) is 154 Å². The van der Waals surface area contributed by atoms with E-state index >= 15 is 0 Å². The largest absolute Gasteiger partial charge is 0.478 e. The maximum Gasteiger partial charge on any atom is 0.328 e. The van der Waals surface area contributed by atoms with E-state index < -0.39 is 24.1 Å². The standard InChI is InChI=1S/C13H14N2O2.C4H4O4/c14-13-8-3-1-2-4-9(8)15-10-5-7(16)6-11(17)12(10)13;5-3(6)1-2-4(7)8/h1-4,7,11,16-17H,5-6H2,(H2,14,15);1-2H,(H,5,6)(H,7,8). The number of nitrogens with two attached hydrogens (primary N) is 1. The second kappa shape index (κ2) is 7.73. The second-order valence-corrected chi connectivity index (χ2v) is 5.52. The summed E-state index contributed by atoms with van der Waals surface area (Å²) >= 11 is 0. The molecule has 1 aromatic carbocycles. The molecule has 0 radical (unpaired) electrons. The van der Waals surface area contributed by atoms with E-state index in [1.54, 1.807) is 0 Å². The first-order chi connectivity index (χ1) is 11.8. The fraction of sp³-hybridized carbons (Fsp3) is 0.235. The van der Waals surface area contributed by atoms with Gasteiger partial charge in [0.2, 0.25) is 0 Å². The van der Waals surface area contributed by atoms with Crippen LogP contribution in [-0.2, 0) is 16.0 Å². The molecule has 132 valence electrons. The summed E-state index contributed by atoms with van der Waals surface area (Å²) in [6, 6.07) is 7.59. The lowest BCUT2D eigenvalue weighted by atomic mass is 9.89. The van der Waals surface area contributed by atoms with Gasteiger partial charge in [-0.3, -0.25) is 4.98 Å². The second-order valence-electron chi connectivity index (χ2n) is 5.52. The summed E-state index contributed by atoms with van der Waals surface area (Å²) in [4.78, 5) is 23.6. The molecule has 8 heteroatoms. The van der Waals surface area contributed by atoms with Crippen molar-refractivity contribution in [2.45, 2.75) is 25.0 Å². The molecule has 2 aromatic rings. The number of benzene rings is 1. The number of para-hydroxylation sites is 1. The summed E-state index contributed by atoms with van der Waals surface area (Å²) in [6.07, 6.45) is 0.653. The van der Waals surface area contributed by atoms with Crippen LogP contribution >= 0.6 is 0 Å². The van der Waals surface area contributed by atoms with Crippen molar-refractivity contribution in [3.05, 3.63) is 47.7 Å². The first-order valence-corrected chi connectivity index (χ1v) is 7.46. The Hall–Kier alpha value is -2.97. The van der Waals surface area contributed by atoms with E-state index in [-0.39, 0.29) is 0 Å². The number of anilines is 1. The summed E-state index contributed by atoms with van der Waals surface area (Å²) in [6.45, 7) is 0. The highest BCUT2D eigenvalue weighted by Crippen LogP contribution is 2.36. The van der Waals surface area contributed by atoms with Crippen molar-refractivity contribution in [1.82, 2.24) is 4.98 Å². The number of aliphatic hydroxyl groups is 2. The van der Waals surface area contributed by atoms with Crippen LogP contribution in [0.1, 0.15) is 23.8 Å². The van der Waals surface area contributed by atoms with Crippen LogP contribution in [0.2, 0.25) is 0 Å². The van der Waals surface area contributed by atoms with Crippen molar-refractivity contribution in [2.24, 2.45) is 0 Å². The first-order valence-electron chi connectivity index (χ1n) is 7.46. The molecule has 25 heavy (non-hydrogen) atoms. The number of rotatable bonds is 2. The molecule has 2 unspecified atom stereocenters. The Morgan fingerprint density at radius 2 is 1.72 bits per heavy atom. The third kappa shape index (κ3) is 4.52. The van der Waals surface area contributed by atoms with E-state index in [0.29, 0.717) is 41.9 Å². The number of carbonyl (C=O) groups is 2. The van der Waals surface area contributed by atoms with E-state index in [9.17, 15) is 19.8 Å². The number of hydrogen-bond acceptors (Lipinski definition) is 6. The van der Waals surface area contributed by atoms with E-state index in [2.05, 4.69) is 4.98 Å². The normalized spacial score (nSPS) is 19.1. The van der Waals surface area contributed by atoms with Crippen LogP contribution in [0.5, 0.6) is 0 Å². The van der Waals surface area contributed by atoms with Gasteiger partial charge in [0.05, 0.1) is 23.4 Å². The Balaban J connectivity index is 0.000000242. The van der Waals surface area contributed by atoms with Crippen LogP contribution in [0.25, 0.3) is 10.9 Å². The molecule has 0 fully saturated rings. The molecule has 0 saturated heterocycles. The van der Waals surface area contributed by atoms with E-state index in [0.717, 1.165) is 10.9 Å². The van der Waals surface area contributed by atoms with Crippen LogP contribution in [0.15, 0.2) is 36.4 Å². The highest BCUT2D eigenvalue weighted by molar-refractivity contribution is 5.92. The van der Waals surface area contributed by atoms with Crippen molar-refractivity contribution < 1.29 is 30.0 Å². The lowest BCUT2D eigenvalue weighted by molar-refractivity contribution is -0.134. The Morgan fingerprint density at radius 1 is 1.12 bits per heavy atom. The van der Waals surface area contributed by atoms with Crippen molar-refractivity contribution in [1.29, 1.82) is 0 Å². The van der Waals surface area contributed by atoms with Crippen molar-refractivity contribution in [2.75, 3.05) is 5.73 Å². The van der Waals surface area contributed by atoms with Gasteiger partial charge < -0.3 is 26.2 Å². The van der Waals surface area contributed by atoms with Gasteiger partial charge in [-0.1, -0.05) is 18.2 Å². The summed E-state index contributed by atoms with van der Waals surface area (Å²) in [5.74, 6) is -2.51. The van der Waals surface area contributed by atoms with Crippen molar-refractivity contribution in [3.63, 3.8) is 0 Å². The zero-order valence-electron chi connectivity index (χ0n) is 13.2. The molecular formula is C17H18N2O6. The monoisotopic (exact) mass is 346 g/mol. The quantitative estimate of drug-likeness (QED) is 0.502. The predicted molar refractivity (Wildman–Crippen MR) is 89.9 cm³/mol. The zero-order chi connectivity index (χ0) is 18.6. The van der Waals surface area contributed by atoms with Gasteiger partial charge in [-0.05, 0) is 6.07 Å². The van der Waals surface area contributed by atoms with Gasteiger partial charge in [-0.25, -0.2) is 9.59 Å². The summed E-state index contributed by atoms with van der Waals surface area (Å²) in [5.41, 5.74) is 8.90. The number of carboxylic acids is 2. The number of fused-ring (bicyclic) bond motifs is 2. The highest BCUT2D eigenvalue weighted by atomic mass is 16.4. The third-order valence-electron chi connectivity index (χ3n) is 3.68. The molecule has 0 spiro atoms. The molecule has 0 amide bonds. The van der Waals surface area contributed by atoms with Crippen LogP contribution < -0.4 is 5.73 Å². The number of aromatic nitrogens is 1. The summed E-state index contributed by atoms with van der Waals surface area (Å²) in [5, 5.41) is 36.1. The lowest BCUT2D eigenvalue weighted by Gasteiger charge is -2.26. The molecule has 1 aliphatic rings. The molecule has 1 aliphatic carbocycles. The Labute approximate surface area is 142 Å². The molecule has 1 heterocycles. The SMILES string of the molecule is Nc1c2c(nc3ccccc13)CC(O)CC2O.O=C(O)C=CC(=O)O. The predicted octanol–water partition coefficient (Wildman–Crippen LogP) is 0.869. The van der Waals surface area contributed by atoms with Crippen LogP contribution in [0, 0.1) is 0 Å². The fourth-order valence-electron chi connectivity index (χ4n) is 2.66.